The number of aromatic carboxylic acids is 1. The predicted molar refractivity (Wildman–Crippen MR) is 73.4 cm³/mol. The van der Waals surface area contributed by atoms with Gasteiger partial charge >= 0.3 is 5.97 Å². The fraction of sp³-hybridized carbons (Fsp3) is 0.0833. The zero-order valence-corrected chi connectivity index (χ0v) is 11.5. The van der Waals surface area contributed by atoms with E-state index in [9.17, 15) is 14.7 Å². The smallest absolute Gasteiger partial charge is 0.355 e. The van der Waals surface area contributed by atoms with Crippen molar-refractivity contribution in [1.29, 1.82) is 0 Å². The average Bonchev–Trinajstić information content (AvgIpc) is 2.88. The largest absolute Gasteiger partial charge is 0.506 e. The molecular weight excluding hydrogens is 304 g/mol. The lowest BCUT2D eigenvalue weighted by molar-refractivity contribution is 0.0691. The maximum atomic E-state index is 11.8. The van der Waals surface area contributed by atoms with Gasteiger partial charge in [0, 0.05) is 10.9 Å². The van der Waals surface area contributed by atoms with Gasteiger partial charge in [0.05, 0.1) is 11.6 Å². The number of phenols is 1. The number of amides is 1. The minimum absolute atomic E-state index is 0.0491. The van der Waals surface area contributed by atoms with E-state index in [4.69, 9.17) is 16.7 Å². The van der Waals surface area contributed by atoms with Crippen LogP contribution in [-0.4, -0.2) is 27.1 Å². The zero-order chi connectivity index (χ0) is 14.7. The first-order chi connectivity index (χ1) is 9.47. The van der Waals surface area contributed by atoms with Crippen molar-refractivity contribution < 1.29 is 19.8 Å². The van der Waals surface area contributed by atoms with Crippen LogP contribution in [0.1, 0.15) is 25.9 Å². The quantitative estimate of drug-likeness (QED) is 0.803. The third kappa shape index (κ3) is 3.25. The molecule has 0 unspecified atom stereocenters. The van der Waals surface area contributed by atoms with Crippen LogP contribution in [-0.2, 0) is 6.54 Å². The first kappa shape index (κ1) is 14.3. The number of hydrogen-bond donors (Lipinski definition) is 3. The summed E-state index contributed by atoms with van der Waals surface area (Å²) in [5.74, 6) is -1.60. The van der Waals surface area contributed by atoms with Crippen LogP contribution in [0.2, 0.25) is 5.02 Å². The number of aromatic hydroxyl groups is 1. The van der Waals surface area contributed by atoms with Crippen LogP contribution in [0.15, 0.2) is 23.6 Å². The topological polar surface area (TPSA) is 99.5 Å². The number of nitrogens with zero attached hydrogens (tertiary/aromatic N) is 1. The van der Waals surface area contributed by atoms with E-state index in [1.807, 2.05) is 0 Å². The van der Waals surface area contributed by atoms with E-state index in [-0.39, 0.29) is 28.9 Å². The first-order valence-electron chi connectivity index (χ1n) is 5.42. The number of carboxylic acids is 1. The van der Waals surface area contributed by atoms with Crippen LogP contribution in [0.5, 0.6) is 5.75 Å². The zero-order valence-electron chi connectivity index (χ0n) is 9.96. The normalized spacial score (nSPS) is 10.2. The van der Waals surface area contributed by atoms with Gasteiger partial charge in [-0.1, -0.05) is 11.6 Å². The monoisotopic (exact) mass is 312 g/mol. The van der Waals surface area contributed by atoms with E-state index in [0.29, 0.717) is 10.6 Å². The van der Waals surface area contributed by atoms with Crippen molar-refractivity contribution in [2.24, 2.45) is 0 Å². The van der Waals surface area contributed by atoms with Gasteiger partial charge in [0.25, 0.3) is 5.91 Å². The molecule has 0 aliphatic rings. The lowest BCUT2D eigenvalue weighted by Gasteiger charge is -2.04. The number of carboxylic acid groups (broad SMARTS) is 1. The van der Waals surface area contributed by atoms with Gasteiger partial charge in [-0.25, -0.2) is 9.78 Å². The minimum Gasteiger partial charge on any atom is -0.506 e. The molecule has 8 heteroatoms. The second-order valence-corrected chi connectivity index (χ2v) is 5.13. The van der Waals surface area contributed by atoms with Gasteiger partial charge in [0.2, 0.25) is 0 Å². The summed E-state index contributed by atoms with van der Waals surface area (Å²) in [6.45, 7) is 0.120. The summed E-state index contributed by atoms with van der Waals surface area (Å²) in [5.41, 5.74) is 0.245. The second-order valence-electron chi connectivity index (χ2n) is 3.78. The van der Waals surface area contributed by atoms with Gasteiger partial charge in [-0.3, -0.25) is 4.79 Å². The summed E-state index contributed by atoms with van der Waals surface area (Å²) in [6.07, 6.45) is 0. The van der Waals surface area contributed by atoms with E-state index in [1.165, 1.54) is 23.6 Å². The van der Waals surface area contributed by atoms with E-state index in [2.05, 4.69) is 10.3 Å². The van der Waals surface area contributed by atoms with Crippen LogP contribution in [0.3, 0.4) is 0 Å². The third-order valence-electron chi connectivity index (χ3n) is 2.38. The molecule has 3 N–H and O–H groups in total. The molecule has 1 aromatic carbocycles. The molecule has 0 fully saturated rings. The summed E-state index contributed by atoms with van der Waals surface area (Å²) in [5, 5.41) is 22.6. The number of halogens is 1. The summed E-state index contributed by atoms with van der Waals surface area (Å²) < 4.78 is 0. The van der Waals surface area contributed by atoms with Gasteiger partial charge in [0.1, 0.15) is 10.8 Å². The number of phenolic OH excluding ortho intramolecular Hbond substituents is 1. The number of hydrogen-bond acceptors (Lipinski definition) is 5. The average molecular weight is 313 g/mol. The molecule has 104 valence electrons. The van der Waals surface area contributed by atoms with Crippen LogP contribution in [0.25, 0.3) is 0 Å². The molecule has 20 heavy (non-hydrogen) atoms. The highest BCUT2D eigenvalue weighted by molar-refractivity contribution is 7.09. The minimum atomic E-state index is -1.11. The maximum Gasteiger partial charge on any atom is 0.355 e. The summed E-state index contributed by atoms with van der Waals surface area (Å²) >= 11 is 6.86. The van der Waals surface area contributed by atoms with Crippen LogP contribution in [0.4, 0.5) is 0 Å². The lowest BCUT2D eigenvalue weighted by atomic mass is 10.2. The fourth-order valence-corrected chi connectivity index (χ4v) is 2.28. The summed E-state index contributed by atoms with van der Waals surface area (Å²) in [4.78, 5) is 26.3. The van der Waals surface area contributed by atoms with Gasteiger partial charge in [-0.05, 0) is 18.2 Å². The molecule has 0 saturated carbocycles. The molecule has 2 rings (SSSR count). The fourth-order valence-electron chi connectivity index (χ4n) is 1.40. The third-order valence-corrected chi connectivity index (χ3v) is 3.53. The Hall–Kier alpha value is -2.12. The number of carbonyl (C=O) groups is 2. The van der Waals surface area contributed by atoms with Crippen molar-refractivity contribution in [1.82, 2.24) is 10.3 Å². The molecular formula is C12H9ClN2O4S. The second kappa shape index (κ2) is 5.89. The van der Waals surface area contributed by atoms with Gasteiger partial charge < -0.3 is 15.5 Å². The highest BCUT2D eigenvalue weighted by Crippen LogP contribution is 2.23. The number of aromatic nitrogens is 1. The standard InChI is InChI=1S/C12H9ClN2O4S/c13-7-3-6(1-2-9(7)16)11(17)14-4-10-15-8(5-20-10)12(18)19/h1-3,5,16H,4H2,(H,14,17)(H,18,19). The van der Waals surface area contributed by atoms with Gasteiger partial charge in [-0.15, -0.1) is 11.3 Å². The van der Waals surface area contributed by atoms with E-state index < -0.39 is 5.97 Å². The molecule has 0 bridgehead atoms. The highest BCUT2D eigenvalue weighted by Gasteiger charge is 2.11. The van der Waals surface area contributed by atoms with Crippen molar-refractivity contribution in [3.8, 4) is 5.75 Å². The Morgan fingerprint density at radius 1 is 1.40 bits per heavy atom. The number of nitrogens with one attached hydrogen (secondary N) is 1. The Morgan fingerprint density at radius 2 is 2.15 bits per heavy atom. The lowest BCUT2D eigenvalue weighted by Crippen LogP contribution is -2.22. The van der Waals surface area contributed by atoms with Gasteiger partial charge in [0.15, 0.2) is 5.69 Å². The Labute approximate surface area is 122 Å². The number of benzene rings is 1. The molecule has 0 spiro atoms. The van der Waals surface area contributed by atoms with E-state index in [0.717, 1.165) is 11.3 Å². The molecule has 1 aromatic heterocycles. The summed E-state index contributed by atoms with van der Waals surface area (Å²) in [6, 6.07) is 4.10. The van der Waals surface area contributed by atoms with Crippen molar-refractivity contribution in [3.63, 3.8) is 0 Å². The maximum absolute atomic E-state index is 11.8. The first-order valence-corrected chi connectivity index (χ1v) is 6.67. The van der Waals surface area contributed by atoms with Crippen LogP contribution >= 0.6 is 22.9 Å². The van der Waals surface area contributed by atoms with Crippen LogP contribution < -0.4 is 5.32 Å². The molecule has 0 atom stereocenters. The molecule has 0 aliphatic heterocycles. The number of carbonyl (C=O) groups excluding carboxylic acids is 1. The number of rotatable bonds is 4. The Balaban J connectivity index is 2.00. The molecule has 1 heterocycles. The molecule has 6 nitrogen and oxygen atoms in total. The Kier molecular flexibility index (Phi) is 4.21. The Morgan fingerprint density at radius 3 is 2.75 bits per heavy atom. The molecule has 2 aromatic rings. The molecule has 0 saturated heterocycles. The Bertz CT molecular complexity index is 671. The molecule has 0 aliphatic carbocycles. The van der Waals surface area contributed by atoms with Crippen molar-refractivity contribution in [3.05, 3.63) is 44.9 Å². The van der Waals surface area contributed by atoms with Crippen molar-refractivity contribution in [2.45, 2.75) is 6.54 Å². The SMILES string of the molecule is O=C(NCc1nc(C(=O)O)cs1)c1ccc(O)c(Cl)c1. The highest BCUT2D eigenvalue weighted by atomic mass is 35.5. The van der Waals surface area contributed by atoms with Crippen molar-refractivity contribution >= 4 is 34.8 Å². The predicted octanol–water partition coefficient (Wildman–Crippen LogP) is 2.13. The van der Waals surface area contributed by atoms with E-state index in [1.54, 1.807) is 0 Å². The van der Waals surface area contributed by atoms with Gasteiger partial charge in [-0.2, -0.15) is 0 Å². The summed E-state index contributed by atoms with van der Waals surface area (Å²) in [7, 11) is 0. The van der Waals surface area contributed by atoms with Crippen LogP contribution in [0, 0.1) is 0 Å². The van der Waals surface area contributed by atoms with E-state index >= 15 is 0 Å². The molecule has 1 amide bonds. The molecule has 0 radical (unpaired) electrons. The van der Waals surface area contributed by atoms with Crippen molar-refractivity contribution in [2.75, 3.05) is 0 Å². The number of thiazole rings is 1.